The van der Waals surface area contributed by atoms with Crippen LogP contribution in [0.3, 0.4) is 0 Å². The second-order valence-corrected chi connectivity index (χ2v) is 7.40. The molecule has 5 rings (SSSR count). The van der Waals surface area contributed by atoms with Crippen LogP contribution >= 0.6 is 0 Å². The normalized spacial score (nSPS) is 36.7. The number of nitrogens with two attached hydrogens (primary N) is 1. The number of rotatable bonds is 2. The molecule has 4 N–H and O–H groups in total. The van der Waals surface area contributed by atoms with Gasteiger partial charge in [-0.1, -0.05) is 6.07 Å². The summed E-state index contributed by atoms with van der Waals surface area (Å²) >= 11 is 0. The van der Waals surface area contributed by atoms with Gasteiger partial charge in [-0.05, 0) is 79.4 Å². The van der Waals surface area contributed by atoms with Crippen molar-refractivity contribution in [3.8, 4) is 5.75 Å². The van der Waals surface area contributed by atoms with E-state index >= 15 is 0 Å². The van der Waals surface area contributed by atoms with Gasteiger partial charge in [-0.2, -0.15) is 0 Å². The fraction of sp³-hybridized carbons (Fsp3) is 0.588. The van der Waals surface area contributed by atoms with Crippen LogP contribution < -0.4 is 11.3 Å². The monoisotopic (exact) mass is 286 g/mol. The number of aromatic hydroxyl groups is 1. The Morgan fingerprint density at radius 2 is 1.71 bits per heavy atom. The molecule has 0 saturated heterocycles. The molecule has 4 nitrogen and oxygen atoms in total. The summed E-state index contributed by atoms with van der Waals surface area (Å²) in [5, 5.41) is 9.90. The molecule has 21 heavy (non-hydrogen) atoms. The van der Waals surface area contributed by atoms with Crippen LogP contribution in [0.25, 0.3) is 0 Å². The van der Waals surface area contributed by atoms with E-state index in [9.17, 15) is 9.90 Å². The molecule has 4 aliphatic carbocycles. The lowest BCUT2D eigenvalue weighted by Gasteiger charge is -2.57. The van der Waals surface area contributed by atoms with Crippen LogP contribution in [0.4, 0.5) is 0 Å². The molecule has 4 fully saturated rings. The van der Waals surface area contributed by atoms with Crippen molar-refractivity contribution >= 4 is 5.91 Å². The first kappa shape index (κ1) is 13.1. The molecule has 0 radical (unpaired) electrons. The summed E-state index contributed by atoms with van der Waals surface area (Å²) in [5.74, 6) is 7.38. The number of hydrogen-bond acceptors (Lipinski definition) is 3. The number of nitrogens with one attached hydrogen (secondary N) is 1. The largest absolute Gasteiger partial charge is 0.507 e. The molecule has 0 spiro atoms. The van der Waals surface area contributed by atoms with Crippen molar-refractivity contribution in [1.29, 1.82) is 0 Å². The van der Waals surface area contributed by atoms with Crippen molar-refractivity contribution in [3.63, 3.8) is 0 Å². The summed E-state index contributed by atoms with van der Waals surface area (Å²) in [5.41, 5.74) is 3.87. The van der Waals surface area contributed by atoms with E-state index < -0.39 is 5.91 Å². The van der Waals surface area contributed by atoms with E-state index in [0.29, 0.717) is 5.56 Å². The summed E-state index contributed by atoms with van der Waals surface area (Å²) < 4.78 is 0. The number of carbonyl (C=O) groups is 1. The molecular weight excluding hydrogens is 264 g/mol. The lowest BCUT2D eigenvalue weighted by Crippen LogP contribution is -2.48. The zero-order chi connectivity index (χ0) is 14.6. The second kappa shape index (κ2) is 4.47. The number of amides is 1. The molecule has 4 saturated carbocycles. The minimum absolute atomic E-state index is 0.00595. The van der Waals surface area contributed by atoms with Gasteiger partial charge in [0, 0.05) is 0 Å². The Labute approximate surface area is 124 Å². The smallest absolute Gasteiger partial charge is 0.268 e. The summed E-state index contributed by atoms with van der Waals surface area (Å²) in [6.45, 7) is 0. The third kappa shape index (κ3) is 1.96. The van der Waals surface area contributed by atoms with E-state index in [0.717, 1.165) is 17.8 Å². The van der Waals surface area contributed by atoms with E-state index in [2.05, 4.69) is 5.43 Å². The van der Waals surface area contributed by atoms with Gasteiger partial charge in [0.2, 0.25) is 0 Å². The number of phenolic OH excluding ortho intramolecular Hbond substituents is 1. The van der Waals surface area contributed by atoms with Gasteiger partial charge in [0.15, 0.2) is 0 Å². The van der Waals surface area contributed by atoms with E-state index in [1.54, 1.807) is 6.07 Å². The minimum Gasteiger partial charge on any atom is -0.507 e. The number of hydrogen-bond donors (Lipinski definition) is 3. The average Bonchev–Trinajstić information content (AvgIpc) is 2.45. The molecule has 112 valence electrons. The quantitative estimate of drug-likeness (QED) is 0.444. The number of nitrogen functional groups attached to an aromatic ring is 1. The van der Waals surface area contributed by atoms with Gasteiger partial charge in [0.25, 0.3) is 5.91 Å². The topological polar surface area (TPSA) is 75.3 Å². The molecule has 0 atom stereocenters. The zero-order valence-corrected chi connectivity index (χ0v) is 12.1. The average molecular weight is 286 g/mol. The van der Waals surface area contributed by atoms with Gasteiger partial charge in [-0.25, -0.2) is 5.84 Å². The summed E-state index contributed by atoms with van der Waals surface area (Å²) in [7, 11) is 0. The fourth-order valence-electron chi connectivity index (χ4n) is 5.59. The van der Waals surface area contributed by atoms with E-state index in [1.807, 2.05) is 12.1 Å². The molecule has 0 unspecified atom stereocenters. The van der Waals surface area contributed by atoms with Gasteiger partial charge >= 0.3 is 0 Å². The molecule has 0 heterocycles. The maximum Gasteiger partial charge on any atom is 0.268 e. The number of hydrazine groups is 1. The number of benzene rings is 1. The van der Waals surface area contributed by atoms with Crippen LogP contribution in [-0.2, 0) is 5.41 Å². The van der Waals surface area contributed by atoms with Crippen LogP contribution in [-0.4, -0.2) is 11.0 Å². The predicted octanol–water partition coefficient (Wildman–Crippen LogP) is 2.46. The van der Waals surface area contributed by atoms with Gasteiger partial charge in [-0.15, -0.1) is 0 Å². The Hall–Kier alpha value is -1.55. The van der Waals surface area contributed by atoms with E-state index in [4.69, 9.17) is 5.84 Å². The van der Waals surface area contributed by atoms with Crippen molar-refractivity contribution < 1.29 is 9.90 Å². The molecular formula is C17H22N2O2. The number of phenols is 1. The molecule has 1 aromatic rings. The summed E-state index contributed by atoms with van der Waals surface area (Å²) in [6.07, 6.45) is 7.92. The fourth-order valence-corrected chi connectivity index (χ4v) is 5.59. The number of carbonyl (C=O) groups excluding carboxylic acids is 1. The van der Waals surface area contributed by atoms with E-state index in [1.165, 1.54) is 44.1 Å². The zero-order valence-electron chi connectivity index (χ0n) is 12.1. The van der Waals surface area contributed by atoms with Crippen molar-refractivity contribution in [3.05, 3.63) is 29.3 Å². The molecule has 4 aliphatic rings. The van der Waals surface area contributed by atoms with Crippen molar-refractivity contribution in [2.24, 2.45) is 23.6 Å². The minimum atomic E-state index is -0.418. The van der Waals surface area contributed by atoms with E-state index in [-0.39, 0.29) is 11.2 Å². The molecule has 4 heteroatoms. The first-order valence-electron chi connectivity index (χ1n) is 7.94. The molecule has 0 aromatic heterocycles. The summed E-state index contributed by atoms with van der Waals surface area (Å²) in [4.78, 5) is 11.8. The Bertz CT molecular complexity index is 561. The van der Waals surface area contributed by atoms with Crippen LogP contribution in [0.2, 0.25) is 0 Å². The molecule has 0 aliphatic heterocycles. The third-order valence-corrected chi connectivity index (χ3v) is 6.02. The highest BCUT2D eigenvalue weighted by Gasteiger charge is 2.51. The highest BCUT2D eigenvalue weighted by atomic mass is 16.3. The Balaban J connectivity index is 1.75. The van der Waals surface area contributed by atoms with Crippen LogP contribution in [0.15, 0.2) is 18.2 Å². The maximum absolute atomic E-state index is 11.8. The van der Waals surface area contributed by atoms with Crippen LogP contribution in [0, 0.1) is 17.8 Å². The lowest BCUT2D eigenvalue weighted by atomic mass is 9.48. The third-order valence-electron chi connectivity index (χ3n) is 6.02. The first-order chi connectivity index (χ1) is 10.1. The first-order valence-corrected chi connectivity index (χ1v) is 7.94. The SMILES string of the molecule is NNC(=O)c1cc(C23CC4CC(CC(C4)C2)C3)ccc1O. The Morgan fingerprint density at radius 3 is 2.24 bits per heavy atom. The van der Waals surface area contributed by atoms with Crippen molar-refractivity contribution in [1.82, 2.24) is 5.43 Å². The Morgan fingerprint density at radius 1 is 1.14 bits per heavy atom. The van der Waals surface area contributed by atoms with Crippen molar-refractivity contribution in [2.75, 3.05) is 0 Å². The molecule has 4 bridgehead atoms. The standard InChI is InChI=1S/C17H22N2O2/c18-19-16(21)14-6-13(1-2-15(14)20)17-7-10-3-11(8-17)5-12(4-10)9-17/h1-2,6,10-12,20H,3-5,7-9,18H2,(H,19,21). The van der Waals surface area contributed by atoms with Gasteiger partial charge in [0.05, 0.1) is 5.56 Å². The Kier molecular flexibility index (Phi) is 2.80. The maximum atomic E-state index is 11.8. The van der Waals surface area contributed by atoms with Crippen LogP contribution in [0.1, 0.15) is 54.4 Å². The summed E-state index contributed by atoms with van der Waals surface area (Å²) in [6, 6.07) is 5.53. The van der Waals surface area contributed by atoms with Gasteiger partial charge in [-0.3, -0.25) is 10.2 Å². The lowest BCUT2D eigenvalue weighted by molar-refractivity contribution is -0.00522. The predicted molar refractivity (Wildman–Crippen MR) is 79.6 cm³/mol. The van der Waals surface area contributed by atoms with Gasteiger partial charge in [0.1, 0.15) is 5.75 Å². The van der Waals surface area contributed by atoms with Crippen molar-refractivity contribution in [2.45, 2.75) is 43.9 Å². The highest BCUT2D eigenvalue weighted by Crippen LogP contribution is 2.60. The van der Waals surface area contributed by atoms with Gasteiger partial charge < -0.3 is 5.11 Å². The second-order valence-electron chi connectivity index (χ2n) is 7.40. The molecule has 1 amide bonds. The highest BCUT2D eigenvalue weighted by molar-refractivity contribution is 5.96. The van der Waals surface area contributed by atoms with Crippen LogP contribution in [0.5, 0.6) is 5.75 Å². The molecule has 1 aromatic carbocycles.